The molecular weight excluding hydrogens is 334 g/mol. The molecule has 1 aromatic carbocycles. The van der Waals surface area contributed by atoms with Crippen molar-refractivity contribution in [2.24, 2.45) is 5.73 Å². The summed E-state index contributed by atoms with van der Waals surface area (Å²) in [6.45, 7) is 4.36. The number of hydrogen-bond acceptors (Lipinski definition) is 6. The summed E-state index contributed by atoms with van der Waals surface area (Å²) in [6.07, 6.45) is -0.532. The molecule has 1 aromatic heterocycles. The minimum atomic E-state index is -0.532. The molecule has 1 saturated heterocycles. The van der Waals surface area contributed by atoms with Crippen LogP contribution in [-0.4, -0.2) is 71.1 Å². The number of carbonyl (C=O) groups is 1. The molecule has 1 aliphatic rings. The number of morpholine rings is 1. The Morgan fingerprint density at radius 1 is 1.50 bits per heavy atom. The maximum atomic E-state index is 12.6. The molecule has 0 spiro atoms. The lowest BCUT2D eigenvalue weighted by atomic mass is 10.2. The summed E-state index contributed by atoms with van der Waals surface area (Å²) in [6, 6.07) is 7.21. The maximum absolute atomic E-state index is 12.6. The lowest BCUT2D eigenvalue weighted by Gasteiger charge is -2.35. The molecule has 1 fully saturated rings. The zero-order chi connectivity index (χ0) is 18.7. The number of likely N-dealkylation sites (N-methyl/N-ethyl adjacent to an activating group) is 1. The second-order valence-electron chi connectivity index (χ2n) is 6.66. The van der Waals surface area contributed by atoms with Crippen LogP contribution in [0.3, 0.4) is 0 Å². The van der Waals surface area contributed by atoms with Crippen LogP contribution in [0.25, 0.3) is 10.9 Å². The van der Waals surface area contributed by atoms with Gasteiger partial charge in [0.05, 0.1) is 24.1 Å². The SMILES string of the molecule is C[C@H](CN)N(C)C(=O)[C@H]1CN(Cc2nc3ccccc3c(=O)[nH]2)CCO1. The molecule has 140 valence electrons. The Balaban J connectivity index is 1.71. The van der Waals surface area contributed by atoms with Gasteiger partial charge in [0.2, 0.25) is 0 Å². The summed E-state index contributed by atoms with van der Waals surface area (Å²) in [5, 5.41) is 0.573. The van der Waals surface area contributed by atoms with Gasteiger partial charge in [0.25, 0.3) is 11.5 Å². The highest BCUT2D eigenvalue weighted by molar-refractivity contribution is 5.81. The van der Waals surface area contributed by atoms with Gasteiger partial charge >= 0.3 is 0 Å². The monoisotopic (exact) mass is 359 g/mol. The van der Waals surface area contributed by atoms with Gasteiger partial charge in [0.1, 0.15) is 11.9 Å². The fraction of sp³-hybridized carbons (Fsp3) is 0.500. The molecule has 3 N–H and O–H groups in total. The fourth-order valence-electron chi connectivity index (χ4n) is 3.02. The van der Waals surface area contributed by atoms with E-state index >= 15 is 0 Å². The number of aromatic nitrogens is 2. The lowest BCUT2D eigenvalue weighted by Crippen LogP contribution is -2.52. The van der Waals surface area contributed by atoms with Crippen molar-refractivity contribution in [3.8, 4) is 0 Å². The summed E-state index contributed by atoms with van der Waals surface area (Å²) in [7, 11) is 1.74. The van der Waals surface area contributed by atoms with Crippen LogP contribution in [-0.2, 0) is 16.1 Å². The topological polar surface area (TPSA) is 105 Å². The Morgan fingerprint density at radius 2 is 2.27 bits per heavy atom. The van der Waals surface area contributed by atoms with E-state index in [-0.39, 0.29) is 17.5 Å². The molecule has 0 radical (unpaired) electrons. The standard InChI is InChI=1S/C18H25N5O3/c1-12(9-19)22(2)18(25)15-10-23(7-8-26-15)11-16-20-14-6-4-3-5-13(14)17(24)21-16/h3-6,12,15H,7-11,19H2,1-2H3,(H,20,21,24)/t12-,15-/m1/s1. The molecule has 26 heavy (non-hydrogen) atoms. The molecule has 0 bridgehead atoms. The molecule has 8 nitrogen and oxygen atoms in total. The predicted octanol–water partition coefficient (Wildman–Crippen LogP) is -0.0705. The van der Waals surface area contributed by atoms with Crippen LogP contribution in [0.1, 0.15) is 12.7 Å². The summed E-state index contributed by atoms with van der Waals surface area (Å²) in [5.41, 5.74) is 6.16. The van der Waals surface area contributed by atoms with E-state index in [1.165, 1.54) is 0 Å². The quantitative estimate of drug-likeness (QED) is 0.774. The summed E-state index contributed by atoms with van der Waals surface area (Å²) < 4.78 is 5.65. The number of nitrogens with one attached hydrogen (secondary N) is 1. The van der Waals surface area contributed by atoms with Gasteiger partial charge in [-0.05, 0) is 19.1 Å². The number of carbonyl (C=O) groups excluding carboxylic acids is 1. The van der Waals surface area contributed by atoms with Crippen LogP contribution < -0.4 is 11.3 Å². The zero-order valence-electron chi connectivity index (χ0n) is 15.1. The predicted molar refractivity (Wildman–Crippen MR) is 98.7 cm³/mol. The molecule has 0 saturated carbocycles. The number of nitrogens with zero attached hydrogens (tertiary/aromatic N) is 3. The average molecular weight is 359 g/mol. The van der Waals surface area contributed by atoms with Crippen molar-refractivity contribution in [1.82, 2.24) is 19.8 Å². The first kappa shape index (κ1) is 18.5. The van der Waals surface area contributed by atoms with Crippen molar-refractivity contribution in [1.29, 1.82) is 0 Å². The lowest BCUT2D eigenvalue weighted by molar-refractivity contribution is -0.150. The Hall–Kier alpha value is -2.29. The minimum absolute atomic E-state index is 0.0417. The third-order valence-electron chi connectivity index (χ3n) is 4.81. The molecule has 3 rings (SSSR count). The van der Waals surface area contributed by atoms with Crippen LogP contribution >= 0.6 is 0 Å². The molecular formula is C18H25N5O3. The highest BCUT2D eigenvalue weighted by Crippen LogP contribution is 2.12. The van der Waals surface area contributed by atoms with Crippen LogP contribution in [0.2, 0.25) is 0 Å². The molecule has 2 atom stereocenters. The number of fused-ring (bicyclic) bond motifs is 1. The summed E-state index contributed by atoms with van der Waals surface area (Å²) in [5.74, 6) is 0.512. The van der Waals surface area contributed by atoms with E-state index in [1.807, 2.05) is 25.1 Å². The third-order valence-corrected chi connectivity index (χ3v) is 4.81. The number of rotatable bonds is 5. The van der Waals surface area contributed by atoms with E-state index in [0.717, 1.165) is 0 Å². The van der Waals surface area contributed by atoms with Crippen molar-refractivity contribution in [3.63, 3.8) is 0 Å². The van der Waals surface area contributed by atoms with Crippen molar-refractivity contribution in [3.05, 3.63) is 40.4 Å². The van der Waals surface area contributed by atoms with Crippen molar-refractivity contribution < 1.29 is 9.53 Å². The van der Waals surface area contributed by atoms with Crippen molar-refractivity contribution in [2.45, 2.75) is 25.6 Å². The molecule has 0 unspecified atom stereocenters. The van der Waals surface area contributed by atoms with Crippen molar-refractivity contribution in [2.75, 3.05) is 33.3 Å². The van der Waals surface area contributed by atoms with Crippen LogP contribution in [0, 0.1) is 0 Å². The number of benzene rings is 1. The third kappa shape index (κ3) is 3.92. The Bertz CT molecular complexity index is 837. The summed E-state index contributed by atoms with van der Waals surface area (Å²) in [4.78, 5) is 35.8. The van der Waals surface area contributed by atoms with E-state index in [1.54, 1.807) is 18.0 Å². The maximum Gasteiger partial charge on any atom is 0.258 e. The smallest absolute Gasteiger partial charge is 0.258 e. The van der Waals surface area contributed by atoms with Gasteiger partial charge < -0.3 is 20.4 Å². The number of hydrogen-bond donors (Lipinski definition) is 2. The molecule has 2 aromatic rings. The molecule has 1 aliphatic heterocycles. The summed E-state index contributed by atoms with van der Waals surface area (Å²) >= 11 is 0. The van der Waals surface area contributed by atoms with E-state index in [4.69, 9.17) is 10.5 Å². The van der Waals surface area contributed by atoms with Gasteiger partial charge in [-0.3, -0.25) is 14.5 Å². The number of H-pyrrole nitrogens is 1. The average Bonchev–Trinajstić information content (AvgIpc) is 2.66. The van der Waals surface area contributed by atoms with E-state index in [0.29, 0.717) is 49.5 Å². The van der Waals surface area contributed by atoms with E-state index in [2.05, 4.69) is 14.9 Å². The highest BCUT2D eigenvalue weighted by Gasteiger charge is 2.30. The van der Waals surface area contributed by atoms with E-state index < -0.39 is 6.10 Å². The molecule has 0 aliphatic carbocycles. The first-order valence-corrected chi connectivity index (χ1v) is 8.78. The van der Waals surface area contributed by atoms with Gasteiger partial charge in [-0.15, -0.1) is 0 Å². The Kier molecular flexibility index (Phi) is 5.65. The van der Waals surface area contributed by atoms with Crippen LogP contribution in [0.4, 0.5) is 0 Å². The van der Waals surface area contributed by atoms with Gasteiger partial charge in [0.15, 0.2) is 0 Å². The van der Waals surface area contributed by atoms with Gasteiger partial charge in [-0.2, -0.15) is 0 Å². The fourth-order valence-corrected chi connectivity index (χ4v) is 3.02. The molecule has 1 amide bonds. The van der Waals surface area contributed by atoms with Gasteiger partial charge in [-0.25, -0.2) is 4.98 Å². The highest BCUT2D eigenvalue weighted by atomic mass is 16.5. The molecule has 2 heterocycles. The first-order chi connectivity index (χ1) is 12.5. The number of aromatic amines is 1. The Morgan fingerprint density at radius 3 is 3.04 bits per heavy atom. The minimum Gasteiger partial charge on any atom is -0.366 e. The largest absolute Gasteiger partial charge is 0.366 e. The van der Waals surface area contributed by atoms with Gasteiger partial charge in [0, 0.05) is 32.7 Å². The Labute approximate surface area is 151 Å². The van der Waals surface area contributed by atoms with Gasteiger partial charge in [-0.1, -0.05) is 12.1 Å². The van der Waals surface area contributed by atoms with Crippen LogP contribution in [0.5, 0.6) is 0 Å². The number of ether oxygens (including phenoxy) is 1. The number of para-hydroxylation sites is 1. The number of nitrogens with two attached hydrogens (primary N) is 1. The normalized spacial score (nSPS) is 19.4. The molecule has 8 heteroatoms. The number of amides is 1. The van der Waals surface area contributed by atoms with Crippen molar-refractivity contribution >= 4 is 16.8 Å². The zero-order valence-corrected chi connectivity index (χ0v) is 15.1. The van der Waals surface area contributed by atoms with E-state index in [9.17, 15) is 9.59 Å². The first-order valence-electron chi connectivity index (χ1n) is 8.78. The van der Waals surface area contributed by atoms with Crippen LogP contribution in [0.15, 0.2) is 29.1 Å². The second-order valence-corrected chi connectivity index (χ2v) is 6.66. The second kappa shape index (κ2) is 7.94.